The lowest BCUT2D eigenvalue weighted by molar-refractivity contribution is -0.146. The number of ketones is 1. The molecule has 4 bridgehead atoms. The minimum Gasteiger partial charge on any atom is -0.490 e. The highest BCUT2D eigenvalue weighted by Crippen LogP contribution is 2.41. The predicted octanol–water partition coefficient (Wildman–Crippen LogP) is 5.22. The lowest BCUT2D eigenvalue weighted by Crippen LogP contribution is -2.52. The van der Waals surface area contributed by atoms with Crippen LogP contribution < -0.4 is 10.1 Å². The lowest BCUT2D eigenvalue weighted by atomic mass is 9.77. The van der Waals surface area contributed by atoms with Gasteiger partial charge >= 0.3 is 5.97 Å². The van der Waals surface area contributed by atoms with E-state index in [1.807, 2.05) is 87.5 Å². The summed E-state index contributed by atoms with van der Waals surface area (Å²) in [6.07, 6.45) is 7.73. The molecule has 216 valence electrons. The van der Waals surface area contributed by atoms with Crippen LogP contribution in [0.15, 0.2) is 83.1 Å². The Labute approximate surface area is 244 Å². The summed E-state index contributed by atoms with van der Waals surface area (Å²) >= 11 is 0. The van der Waals surface area contributed by atoms with Gasteiger partial charge in [-0.05, 0) is 59.2 Å². The van der Waals surface area contributed by atoms with Crippen molar-refractivity contribution in [1.29, 1.82) is 0 Å². The Morgan fingerprint density at radius 2 is 1.71 bits per heavy atom. The molecule has 4 aliphatic rings. The van der Waals surface area contributed by atoms with Crippen LogP contribution in [-0.4, -0.2) is 47.2 Å². The van der Waals surface area contributed by atoms with Gasteiger partial charge in [0.2, 0.25) is 5.91 Å². The van der Waals surface area contributed by atoms with Crippen LogP contribution in [0.2, 0.25) is 0 Å². The number of benzene rings is 2. The van der Waals surface area contributed by atoms with E-state index in [1.54, 1.807) is 0 Å². The Hall–Kier alpha value is -4.46. The van der Waals surface area contributed by atoms with Crippen LogP contribution in [0, 0.1) is 17.3 Å². The van der Waals surface area contributed by atoms with Crippen molar-refractivity contribution in [2.75, 3.05) is 6.61 Å². The smallest absolute Gasteiger partial charge is 0.307 e. The Bertz CT molecular complexity index is 1590. The van der Waals surface area contributed by atoms with Crippen molar-refractivity contribution >= 4 is 23.4 Å². The maximum absolute atomic E-state index is 14.0. The van der Waals surface area contributed by atoms with Crippen LogP contribution in [0.25, 0.3) is 11.1 Å². The second kappa shape index (κ2) is 10.7. The monoisotopic (exact) mass is 566 g/mol. The second-order valence-corrected chi connectivity index (χ2v) is 12.4. The quantitative estimate of drug-likeness (QED) is 0.418. The topological polar surface area (TPSA) is 114 Å². The molecule has 0 saturated heterocycles. The number of allylic oxidation sites excluding steroid dienone is 4. The van der Waals surface area contributed by atoms with Crippen LogP contribution in [0.4, 0.5) is 0 Å². The van der Waals surface area contributed by atoms with Gasteiger partial charge in [0.05, 0.1) is 12.0 Å². The first-order valence-electron chi connectivity index (χ1n) is 14.4. The number of nitrogens with one attached hydrogen (secondary N) is 1. The number of oxime groups is 1. The van der Waals surface area contributed by atoms with Gasteiger partial charge in [0.15, 0.2) is 5.78 Å². The average Bonchev–Trinajstić information content (AvgIpc) is 3.67. The molecule has 0 aromatic heterocycles. The standard InChI is InChI=1S/C34H34N2O6/c1-34(2,3)31-30(37)27-17-21(18-28(27)33(39)40)42-36-29-25-11-5-4-10-23(25)24-14-13-20(16-26(24)29)41-15-7-9-19-8-6-12-22(19)32(38)35-31/h4-11,13-14,16,21,27-28,31H,12,15,17-18H2,1-3H3,(H,35,38)(H,39,40)/b9-7+,36-29?/t21-,27?,28+,31+/m0/s1. The molecule has 6 rings (SSSR count). The molecule has 1 amide bonds. The molecule has 1 heterocycles. The fourth-order valence-electron chi connectivity index (χ4n) is 6.37. The third kappa shape index (κ3) is 5.06. The Morgan fingerprint density at radius 3 is 2.48 bits per heavy atom. The summed E-state index contributed by atoms with van der Waals surface area (Å²) < 4.78 is 6.04. The summed E-state index contributed by atoms with van der Waals surface area (Å²) in [5.41, 5.74) is 5.13. The van der Waals surface area contributed by atoms with Crippen molar-refractivity contribution in [3.63, 3.8) is 0 Å². The zero-order valence-corrected chi connectivity index (χ0v) is 23.9. The van der Waals surface area contributed by atoms with Gasteiger partial charge in [0, 0.05) is 29.0 Å². The highest BCUT2D eigenvalue weighted by molar-refractivity contribution is 6.24. The van der Waals surface area contributed by atoms with Gasteiger partial charge in [-0.2, -0.15) is 0 Å². The molecule has 1 aliphatic heterocycles. The van der Waals surface area contributed by atoms with Gasteiger partial charge in [-0.15, -0.1) is 0 Å². The Morgan fingerprint density at radius 1 is 0.976 bits per heavy atom. The first-order valence-corrected chi connectivity index (χ1v) is 14.4. The van der Waals surface area contributed by atoms with Crippen molar-refractivity contribution in [2.45, 2.75) is 52.2 Å². The van der Waals surface area contributed by atoms with Gasteiger partial charge in [0.1, 0.15) is 24.2 Å². The van der Waals surface area contributed by atoms with Crippen molar-refractivity contribution in [3.05, 3.63) is 89.0 Å². The first-order chi connectivity index (χ1) is 20.1. The molecule has 4 atom stereocenters. The van der Waals surface area contributed by atoms with E-state index in [4.69, 9.17) is 9.57 Å². The van der Waals surface area contributed by atoms with Crippen molar-refractivity contribution < 1.29 is 29.1 Å². The number of Topliss-reactive ketones (excluding diaryl/α,β-unsaturated/α-hetero) is 1. The van der Waals surface area contributed by atoms with E-state index in [1.165, 1.54) is 0 Å². The van der Waals surface area contributed by atoms with Gasteiger partial charge < -0.3 is 20.0 Å². The maximum Gasteiger partial charge on any atom is 0.307 e. The fourth-order valence-corrected chi connectivity index (χ4v) is 6.37. The normalized spacial score (nSPS) is 26.1. The fraction of sp³-hybridized carbons (Fsp3) is 0.353. The molecular formula is C34H34N2O6. The van der Waals surface area contributed by atoms with E-state index < -0.39 is 35.4 Å². The molecule has 1 fully saturated rings. The average molecular weight is 567 g/mol. The number of hydrogen-bond acceptors (Lipinski definition) is 6. The van der Waals surface area contributed by atoms with Crippen LogP contribution in [-0.2, 0) is 19.2 Å². The predicted molar refractivity (Wildman–Crippen MR) is 158 cm³/mol. The molecule has 42 heavy (non-hydrogen) atoms. The van der Waals surface area contributed by atoms with Gasteiger partial charge in [-0.1, -0.05) is 68.4 Å². The number of ether oxygens (including phenoxy) is 1. The number of carbonyl (C=O) groups excluding carboxylic acids is 2. The molecule has 1 saturated carbocycles. The molecule has 8 nitrogen and oxygen atoms in total. The molecule has 0 radical (unpaired) electrons. The van der Waals surface area contributed by atoms with Crippen LogP contribution in [0.1, 0.15) is 51.2 Å². The zero-order valence-electron chi connectivity index (χ0n) is 23.9. The van der Waals surface area contributed by atoms with E-state index in [0.29, 0.717) is 30.1 Å². The second-order valence-electron chi connectivity index (χ2n) is 12.4. The van der Waals surface area contributed by atoms with E-state index in [0.717, 1.165) is 27.8 Å². The van der Waals surface area contributed by atoms with Gasteiger partial charge in [-0.3, -0.25) is 14.4 Å². The molecule has 2 aromatic rings. The Balaban J connectivity index is 1.42. The highest BCUT2D eigenvalue weighted by atomic mass is 16.6. The van der Waals surface area contributed by atoms with E-state index in [9.17, 15) is 19.5 Å². The van der Waals surface area contributed by atoms with E-state index in [-0.39, 0.29) is 24.5 Å². The molecule has 2 aromatic carbocycles. The number of carbonyl (C=O) groups is 3. The molecule has 8 heteroatoms. The summed E-state index contributed by atoms with van der Waals surface area (Å²) in [5, 5.41) is 17.6. The zero-order chi connectivity index (χ0) is 29.6. The number of carboxylic acids is 1. The molecule has 0 spiro atoms. The van der Waals surface area contributed by atoms with E-state index >= 15 is 0 Å². The van der Waals surface area contributed by atoms with Crippen molar-refractivity contribution in [3.8, 4) is 16.9 Å². The van der Waals surface area contributed by atoms with Gasteiger partial charge in [0.25, 0.3) is 0 Å². The summed E-state index contributed by atoms with van der Waals surface area (Å²) in [6.45, 7) is 5.92. The number of hydrogen-bond donors (Lipinski definition) is 2. The van der Waals surface area contributed by atoms with Crippen LogP contribution in [0.3, 0.4) is 0 Å². The van der Waals surface area contributed by atoms with Crippen molar-refractivity contribution in [2.24, 2.45) is 22.4 Å². The molecule has 1 unspecified atom stereocenters. The number of fused-ring (bicyclic) bond motifs is 6. The largest absolute Gasteiger partial charge is 0.490 e. The summed E-state index contributed by atoms with van der Waals surface area (Å²) in [5.74, 6) is -2.78. The SMILES string of the molecule is CC(C)(C)[C@@H]1NC(=O)C2=C(C=CC2)/C=C/COc2ccc3c(c2)C(=NO[C@H]2CC(C1=O)[C@H](C(=O)O)C2)c1ccccc1-3. The molecular weight excluding hydrogens is 532 g/mol. The lowest BCUT2D eigenvalue weighted by Gasteiger charge is -2.33. The maximum atomic E-state index is 14.0. The summed E-state index contributed by atoms with van der Waals surface area (Å²) in [4.78, 5) is 45.9. The molecule has 2 N–H and O–H groups in total. The van der Waals surface area contributed by atoms with Crippen molar-refractivity contribution in [1.82, 2.24) is 5.32 Å². The Kier molecular flexibility index (Phi) is 7.09. The number of rotatable bonds is 1. The third-order valence-electron chi connectivity index (χ3n) is 8.53. The highest BCUT2D eigenvalue weighted by Gasteiger charge is 2.48. The molecule has 3 aliphatic carbocycles. The number of carboxylic acid groups (broad SMARTS) is 1. The minimum atomic E-state index is -1.05. The minimum absolute atomic E-state index is 0.148. The summed E-state index contributed by atoms with van der Waals surface area (Å²) in [6, 6.07) is 12.9. The summed E-state index contributed by atoms with van der Waals surface area (Å²) in [7, 11) is 0. The van der Waals surface area contributed by atoms with Crippen LogP contribution in [0.5, 0.6) is 5.75 Å². The number of aliphatic carboxylic acids is 1. The van der Waals surface area contributed by atoms with Crippen LogP contribution >= 0.6 is 0 Å². The number of amides is 1. The van der Waals surface area contributed by atoms with E-state index in [2.05, 4.69) is 10.5 Å². The van der Waals surface area contributed by atoms with Gasteiger partial charge in [-0.25, -0.2) is 0 Å². The number of nitrogens with zero attached hydrogens (tertiary/aromatic N) is 1. The third-order valence-corrected chi connectivity index (χ3v) is 8.53. The first kappa shape index (κ1) is 27.7.